The van der Waals surface area contributed by atoms with Crippen LogP contribution in [0.1, 0.15) is 37.8 Å². The summed E-state index contributed by atoms with van der Waals surface area (Å²) in [6, 6.07) is 7.63. The van der Waals surface area contributed by atoms with E-state index in [2.05, 4.69) is 10.6 Å². The second-order valence-electron chi connectivity index (χ2n) is 5.26. The van der Waals surface area contributed by atoms with Crippen molar-refractivity contribution in [1.82, 2.24) is 10.6 Å². The third-order valence-corrected chi connectivity index (χ3v) is 3.83. The SMILES string of the molecule is C[C@H](NC(=O)CC1CCCNC1)c1cccc(Cl)c1. The molecule has 1 fully saturated rings. The third kappa shape index (κ3) is 4.51. The molecule has 3 nitrogen and oxygen atoms in total. The summed E-state index contributed by atoms with van der Waals surface area (Å²) in [5.74, 6) is 0.599. The molecule has 1 aliphatic heterocycles. The number of piperidine rings is 1. The van der Waals surface area contributed by atoms with Gasteiger partial charge in [-0.3, -0.25) is 4.79 Å². The molecule has 1 unspecified atom stereocenters. The fourth-order valence-electron chi connectivity index (χ4n) is 2.52. The first-order valence-corrected chi connectivity index (χ1v) is 7.28. The molecule has 4 heteroatoms. The lowest BCUT2D eigenvalue weighted by Gasteiger charge is -2.23. The van der Waals surface area contributed by atoms with Gasteiger partial charge in [0.2, 0.25) is 5.91 Å². The summed E-state index contributed by atoms with van der Waals surface area (Å²) >= 11 is 5.96. The van der Waals surface area contributed by atoms with Gasteiger partial charge < -0.3 is 10.6 Å². The molecule has 2 N–H and O–H groups in total. The maximum atomic E-state index is 12.0. The molecule has 104 valence electrons. The van der Waals surface area contributed by atoms with Crippen LogP contribution in [0.15, 0.2) is 24.3 Å². The van der Waals surface area contributed by atoms with Crippen LogP contribution in [-0.2, 0) is 4.79 Å². The zero-order valence-electron chi connectivity index (χ0n) is 11.3. The quantitative estimate of drug-likeness (QED) is 0.890. The van der Waals surface area contributed by atoms with Crippen molar-refractivity contribution in [3.05, 3.63) is 34.9 Å². The highest BCUT2D eigenvalue weighted by Gasteiger charge is 2.18. The summed E-state index contributed by atoms with van der Waals surface area (Å²) in [4.78, 5) is 12.0. The highest BCUT2D eigenvalue weighted by molar-refractivity contribution is 6.30. The van der Waals surface area contributed by atoms with Crippen molar-refractivity contribution in [2.24, 2.45) is 5.92 Å². The second kappa shape index (κ2) is 6.92. The van der Waals surface area contributed by atoms with Gasteiger partial charge in [-0.15, -0.1) is 0 Å². The lowest BCUT2D eigenvalue weighted by molar-refractivity contribution is -0.122. The Hall–Kier alpha value is -1.06. The Balaban J connectivity index is 1.84. The molecule has 2 atom stereocenters. The van der Waals surface area contributed by atoms with E-state index in [1.807, 2.05) is 31.2 Å². The minimum absolute atomic E-state index is 0.00255. The Bertz CT molecular complexity index is 430. The van der Waals surface area contributed by atoms with E-state index in [4.69, 9.17) is 11.6 Å². The van der Waals surface area contributed by atoms with Gasteiger partial charge in [0.05, 0.1) is 6.04 Å². The van der Waals surface area contributed by atoms with Crippen LogP contribution in [0.25, 0.3) is 0 Å². The summed E-state index contributed by atoms with van der Waals surface area (Å²) in [6.45, 7) is 4.03. The maximum Gasteiger partial charge on any atom is 0.220 e. The van der Waals surface area contributed by atoms with E-state index in [-0.39, 0.29) is 11.9 Å². The monoisotopic (exact) mass is 280 g/mol. The number of amides is 1. The average molecular weight is 281 g/mol. The molecule has 1 aromatic carbocycles. The van der Waals surface area contributed by atoms with Crippen LogP contribution in [0.3, 0.4) is 0 Å². The van der Waals surface area contributed by atoms with Crippen molar-refractivity contribution in [3.63, 3.8) is 0 Å². The smallest absolute Gasteiger partial charge is 0.220 e. The van der Waals surface area contributed by atoms with Gasteiger partial charge in [0.25, 0.3) is 0 Å². The number of hydrogen-bond donors (Lipinski definition) is 2. The van der Waals surface area contributed by atoms with Gasteiger partial charge in [-0.2, -0.15) is 0 Å². The van der Waals surface area contributed by atoms with Crippen LogP contribution in [0.2, 0.25) is 5.02 Å². The van der Waals surface area contributed by atoms with Crippen LogP contribution in [0, 0.1) is 5.92 Å². The predicted octanol–water partition coefficient (Wildman–Crippen LogP) is 2.91. The first-order chi connectivity index (χ1) is 9.15. The molecule has 1 aromatic rings. The molecule has 19 heavy (non-hydrogen) atoms. The number of halogens is 1. The molecular formula is C15H21ClN2O. The number of carbonyl (C=O) groups excluding carboxylic acids is 1. The fraction of sp³-hybridized carbons (Fsp3) is 0.533. The van der Waals surface area contributed by atoms with Crippen molar-refractivity contribution < 1.29 is 4.79 Å². The number of benzene rings is 1. The Morgan fingerprint density at radius 3 is 3.11 bits per heavy atom. The normalized spacial score (nSPS) is 20.8. The van der Waals surface area contributed by atoms with Crippen molar-refractivity contribution in [3.8, 4) is 0 Å². The summed E-state index contributed by atoms with van der Waals surface area (Å²) < 4.78 is 0. The number of rotatable bonds is 4. The summed E-state index contributed by atoms with van der Waals surface area (Å²) in [6.07, 6.45) is 2.92. The zero-order valence-corrected chi connectivity index (χ0v) is 12.0. The van der Waals surface area contributed by atoms with Crippen molar-refractivity contribution in [2.45, 2.75) is 32.2 Å². The third-order valence-electron chi connectivity index (χ3n) is 3.60. The Kier molecular flexibility index (Phi) is 5.23. The van der Waals surface area contributed by atoms with Gasteiger partial charge in [0.1, 0.15) is 0 Å². The van der Waals surface area contributed by atoms with Gasteiger partial charge in [-0.25, -0.2) is 0 Å². The van der Waals surface area contributed by atoms with Crippen molar-refractivity contribution in [2.75, 3.05) is 13.1 Å². The summed E-state index contributed by atoms with van der Waals surface area (Å²) in [7, 11) is 0. The van der Waals surface area contributed by atoms with E-state index in [0.717, 1.165) is 25.1 Å². The zero-order chi connectivity index (χ0) is 13.7. The van der Waals surface area contributed by atoms with Gasteiger partial charge in [-0.1, -0.05) is 23.7 Å². The van der Waals surface area contributed by atoms with Gasteiger partial charge in [0, 0.05) is 11.4 Å². The van der Waals surface area contributed by atoms with Crippen LogP contribution >= 0.6 is 11.6 Å². The molecule has 1 heterocycles. The molecule has 0 saturated carbocycles. The Morgan fingerprint density at radius 1 is 1.58 bits per heavy atom. The first-order valence-electron chi connectivity index (χ1n) is 6.90. The van der Waals surface area contributed by atoms with Crippen LogP contribution in [0.5, 0.6) is 0 Å². The Morgan fingerprint density at radius 2 is 2.42 bits per heavy atom. The average Bonchev–Trinajstić information content (AvgIpc) is 2.39. The molecular weight excluding hydrogens is 260 g/mol. The van der Waals surface area contributed by atoms with Crippen LogP contribution in [0.4, 0.5) is 0 Å². The number of carbonyl (C=O) groups is 1. The highest BCUT2D eigenvalue weighted by Crippen LogP contribution is 2.19. The number of hydrogen-bond acceptors (Lipinski definition) is 2. The highest BCUT2D eigenvalue weighted by atomic mass is 35.5. The minimum atomic E-state index is 0.00255. The van der Waals surface area contributed by atoms with E-state index >= 15 is 0 Å². The van der Waals surface area contributed by atoms with E-state index in [9.17, 15) is 4.79 Å². The first kappa shape index (κ1) is 14.4. The van der Waals surface area contributed by atoms with Gasteiger partial charge >= 0.3 is 0 Å². The largest absolute Gasteiger partial charge is 0.350 e. The lowest BCUT2D eigenvalue weighted by atomic mass is 9.95. The summed E-state index contributed by atoms with van der Waals surface area (Å²) in [5.41, 5.74) is 1.04. The molecule has 2 rings (SSSR count). The molecule has 0 radical (unpaired) electrons. The van der Waals surface area contributed by atoms with Gasteiger partial charge in [-0.05, 0) is 56.5 Å². The molecule has 1 amide bonds. The van der Waals surface area contributed by atoms with E-state index in [0.29, 0.717) is 17.4 Å². The van der Waals surface area contributed by atoms with E-state index in [1.165, 1.54) is 6.42 Å². The molecule has 0 bridgehead atoms. The Labute approximate surface area is 119 Å². The van der Waals surface area contributed by atoms with Crippen molar-refractivity contribution >= 4 is 17.5 Å². The van der Waals surface area contributed by atoms with Crippen LogP contribution in [-0.4, -0.2) is 19.0 Å². The standard InChI is InChI=1S/C15H21ClN2O/c1-11(13-5-2-6-14(16)9-13)18-15(19)8-12-4-3-7-17-10-12/h2,5-6,9,11-12,17H,3-4,7-8,10H2,1H3,(H,18,19)/t11-,12?/m0/s1. The molecule has 1 aliphatic rings. The second-order valence-corrected chi connectivity index (χ2v) is 5.70. The minimum Gasteiger partial charge on any atom is -0.350 e. The topological polar surface area (TPSA) is 41.1 Å². The fourth-order valence-corrected chi connectivity index (χ4v) is 2.72. The van der Waals surface area contributed by atoms with Crippen LogP contribution < -0.4 is 10.6 Å². The van der Waals surface area contributed by atoms with Gasteiger partial charge in [0.15, 0.2) is 0 Å². The van der Waals surface area contributed by atoms with E-state index in [1.54, 1.807) is 0 Å². The maximum absolute atomic E-state index is 12.0. The molecule has 1 saturated heterocycles. The molecule has 0 aliphatic carbocycles. The molecule has 0 aromatic heterocycles. The van der Waals surface area contributed by atoms with Crippen molar-refractivity contribution in [1.29, 1.82) is 0 Å². The predicted molar refractivity (Wildman–Crippen MR) is 78.2 cm³/mol. The lowest BCUT2D eigenvalue weighted by Crippen LogP contribution is -2.35. The van der Waals surface area contributed by atoms with E-state index < -0.39 is 0 Å². The number of nitrogens with one attached hydrogen (secondary N) is 2. The summed E-state index contributed by atoms with van der Waals surface area (Å²) in [5, 5.41) is 7.08. The molecule has 0 spiro atoms.